The zero-order valence-corrected chi connectivity index (χ0v) is 40.1. The number of benzene rings is 5. The minimum absolute atomic E-state index is 0.114. The molecule has 0 heterocycles. The summed E-state index contributed by atoms with van der Waals surface area (Å²) in [6.45, 7) is 19.1. The van der Waals surface area contributed by atoms with Gasteiger partial charge in [0.05, 0.1) is 0 Å². The third-order valence-electron chi connectivity index (χ3n) is 10.3. The Morgan fingerprint density at radius 3 is 1.08 bits per heavy atom. The van der Waals surface area contributed by atoms with Crippen LogP contribution < -0.4 is 20.1 Å². The fraction of sp³-hybridized carbons (Fsp3) is 0.346. The number of halogens is 1. The Morgan fingerprint density at radius 1 is 0.460 bits per heavy atom. The van der Waals surface area contributed by atoms with Crippen LogP contribution in [0.3, 0.4) is 0 Å². The van der Waals surface area contributed by atoms with Crippen LogP contribution in [0.25, 0.3) is 0 Å². The van der Waals surface area contributed by atoms with Gasteiger partial charge in [0, 0.05) is 0 Å². The second-order valence-corrected chi connectivity index (χ2v) is 19.9. The number of nitrogens with one attached hydrogen (secondary N) is 2. The van der Waals surface area contributed by atoms with Crippen molar-refractivity contribution in [3.8, 4) is 11.5 Å². The molecule has 2 N–H and O–H groups in total. The number of hydrogen-bond donors (Lipinski definition) is 2. The Bertz CT molecular complexity index is 2130. The zero-order chi connectivity index (χ0) is 45.8. The van der Waals surface area contributed by atoms with Gasteiger partial charge in [-0.1, -0.05) is 0 Å². The SMILES string of the molecule is CC(=O)OI(OC(C)=O)c1c(O[C@H](Cc2ccccc2)C(=O)Nc2c(C(C)C)cccc2C(C)C)cccc1O[C@H](Cc1ccccc1)C(=O)Nc1c(C(C)C)cccc1C(C)C. The number of hydrogen-bond acceptors (Lipinski definition) is 8. The van der Waals surface area contributed by atoms with Gasteiger partial charge >= 0.3 is 383 Å². The van der Waals surface area contributed by atoms with Crippen molar-refractivity contribution in [3.05, 3.63) is 152 Å². The van der Waals surface area contributed by atoms with Crippen LogP contribution >= 0.6 is 20.6 Å². The molecule has 0 saturated carbocycles. The van der Waals surface area contributed by atoms with Crippen LogP contribution in [0.15, 0.2) is 115 Å². The van der Waals surface area contributed by atoms with Crippen molar-refractivity contribution in [3.63, 3.8) is 0 Å². The first-order valence-electron chi connectivity index (χ1n) is 21.5. The second kappa shape index (κ2) is 22.6. The van der Waals surface area contributed by atoms with Gasteiger partial charge in [0.25, 0.3) is 0 Å². The molecule has 0 aliphatic carbocycles. The number of amides is 2. The zero-order valence-electron chi connectivity index (χ0n) is 38.0. The van der Waals surface area contributed by atoms with E-state index in [1.54, 1.807) is 18.2 Å². The van der Waals surface area contributed by atoms with E-state index < -0.39 is 56.6 Å². The summed E-state index contributed by atoms with van der Waals surface area (Å²) in [5.41, 5.74) is 7.09. The first kappa shape index (κ1) is 48.3. The van der Waals surface area contributed by atoms with Crippen LogP contribution in [-0.4, -0.2) is 36.0 Å². The Balaban J connectivity index is 1.65. The van der Waals surface area contributed by atoms with Crippen LogP contribution in [0.4, 0.5) is 11.4 Å². The van der Waals surface area contributed by atoms with Crippen molar-refractivity contribution >= 4 is 55.8 Å². The van der Waals surface area contributed by atoms with E-state index in [4.69, 9.17) is 15.6 Å². The Labute approximate surface area is 381 Å². The summed E-state index contributed by atoms with van der Waals surface area (Å²) in [6.07, 6.45) is -1.92. The van der Waals surface area contributed by atoms with Crippen LogP contribution in [0.1, 0.15) is 126 Å². The number of carbonyl (C=O) groups excluding carboxylic acids is 4. The van der Waals surface area contributed by atoms with Crippen molar-refractivity contribution < 1.29 is 34.8 Å². The molecule has 0 saturated heterocycles. The Kier molecular flexibility index (Phi) is 17.3. The molecule has 0 aliphatic heterocycles. The maximum absolute atomic E-state index is 14.7. The standard InChI is InChI=1S/C52H61IN2O8/c1-32(2)40-24-17-25-41(33(3)4)49(40)54-51(58)46(30-38-20-13-11-14-21-38)60-44-28-19-29-45(48(44)53(62-36(9)56)63-37(10)57)61-47(31-39-22-15-12-16-23-39)52(59)55-50-42(34(5)6)26-18-27-43(50)35(7)8/h11-29,32-35,46-47H,30-31H2,1-10H3,(H,54,58)(H,55,59)/t46-,47-/m1/s1. The van der Waals surface area contributed by atoms with Crippen molar-refractivity contribution in [2.24, 2.45) is 0 Å². The quantitative estimate of drug-likeness (QED) is 0.0783. The molecule has 0 aliphatic rings. The summed E-state index contributed by atoms with van der Waals surface area (Å²) in [4.78, 5) is 54.9. The first-order valence-corrected chi connectivity index (χ1v) is 24.4. The molecule has 334 valence electrons. The number of para-hydroxylation sites is 2. The van der Waals surface area contributed by atoms with Gasteiger partial charge in [-0.3, -0.25) is 0 Å². The van der Waals surface area contributed by atoms with Gasteiger partial charge in [-0.15, -0.1) is 0 Å². The molecule has 5 aromatic rings. The summed E-state index contributed by atoms with van der Waals surface area (Å²) in [5.74, 6) is -1.49. The van der Waals surface area contributed by atoms with Gasteiger partial charge in [0.1, 0.15) is 0 Å². The normalized spacial score (nSPS) is 12.4. The molecule has 2 amide bonds. The van der Waals surface area contributed by atoms with Gasteiger partial charge in [-0.05, 0) is 0 Å². The van der Waals surface area contributed by atoms with E-state index in [0.717, 1.165) is 44.8 Å². The molecule has 2 atom stereocenters. The fourth-order valence-electron chi connectivity index (χ4n) is 7.25. The van der Waals surface area contributed by atoms with Crippen LogP contribution in [0, 0.1) is 3.57 Å². The van der Waals surface area contributed by atoms with Crippen molar-refractivity contribution in [2.75, 3.05) is 10.6 Å². The number of ether oxygens (including phenoxy) is 2. The van der Waals surface area contributed by atoms with E-state index in [0.29, 0.717) is 0 Å². The van der Waals surface area contributed by atoms with Gasteiger partial charge in [-0.25, -0.2) is 0 Å². The predicted octanol–water partition coefficient (Wildman–Crippen LogP) is 12.1. The molecule has 0 radical (unpaired) electrons. The summed E-state index contributed by atoms with van der Waals surface area (Å²) in [5, 5.41) is 6.45. The average Bonchev–Trinajstić information content (AvgIpc) is 3.23. The number of rotatable bonds is 19. The topological polar surface area (TPSA) is 129 Å². The number of carbonyl (C=O) groups is 4. The third kappa shape index (κ3) is 13.2. The first-order chi connectivity index (χ1) is 30.0. The molecule has 63 heavy (non-hydrogen) atoms. The third-order valence-corrected chi connectivity index (χ3v) is 14.3. The fourth-order valence-corrected chi connectivity index (χ4v) is 10.4. The maximum atomic E-state index is 14.7. The monoisotopic (exact) mass is 968 g/mol. The predicted molar refractivity (Wildman–Crippen MR) is 258 cm³/mol. The minimum atomic E-state index is -3.82. The van der Waals surface area contributed by atoms with Crippen LogP contribution in [0.5, 0.6) is 11.5 Å². The summed E-state index contributed by atoms with van der Waals surface area (Å²) in [6, 6.07) is 36.0. The molecular weight excluding hydrogens is 907 g/mol. The molecule has 0 unspecified atom stereocenters. The van der Waals surface area contributed by atoms with E-state index in [2.05, 4.69) is 66.0 Å². The van der Waals surface area contributed by atoms with Crippen LogP contribution in [0.2, 0.25) is 0 Å². The van der Waals surface area contributed by atoms with E-state index in [1.165, 1.54) is 13.8 Å². The van der Waals surface area contributed by atoms with Crippen molar-refractivity contribution in [2.45, 2.75) is 118 Å². The molecule has 5 rings (SSSR count). The summed E-state index contributed by atoms with van der Waals surface area (Å²) >= 11 is -3.82. The molecule has 0 aromatic heterocycles. The Hall–Kier alpha value is -5.69. The van der Waals surface area contributed by atoms with Gasteiger partial charge in [0.2, 0.25) is 0 Å². The van der Waals surface area contributed by atoms with Gasteiger partial charge in [0.15, 0.2) is 0 Å². The number of anilines is 2. The molecule has 10 nitrogen and oxygen atoms in total. The van der Waals surface area contributed by atoms with Crippen molar-refractivity contribution in [1.29, 1.82) is 0 Å². The van der Waals surface area contributed by atoms with E-state index in [-0.39, 0.29) is 51.6 Å². The molecular formula is C52H61IN2O8. The second-order valence-electron chi connectivity index (χ2n) is 16.7. The summed E-state index contributed by atoms with van der Waals surface area (Å²) in [7, 11) is 0. The molecule has 0 spiro atoms. The molecule has 0 fully saturated rings. The van der Waals surface area contributed by atoms with Crippen molar-refractivity contribution in [1.82, 2.24) is 0 Å². The average molecular weight is 969 g/mol. The molecule has 0 bridgehead atoms. The summed E-state index contributed by atoms with van der Waals surface area (Å²) < 4.78 is 25.4. The van der Waals surface area contributed by atoms with E-state index >= 15 is 0 Å². The van der Waals surface area contributed by atoms with E-state index in [1.807, 2.05) is 97.1 Å². The van der Waals surface area contributed by atoms with Gasteiger partial charge in [-0.2, -0.15) is 0 Å². The molecule has 11 heteroatoms. The Morgan fingerprint density at radius 2 is 0.778 bits per heavy atom. The molecule has 5 aromatic carbocycles. The van der Waals surface area contributed by atoms with Crippen LogP contribution in [-0.2, 0) is 38.2 Å². The van der Waals surface area contributed by atoms with Gasteiger partial charge < -0.3 is 0 Å². The van der Waals surface area contributed by atoms with E-state index in [9.17, 15) is 19.2 Å².